The van der Waals surface area contributed by atoms with Crippen molar-refractivity contribution in [2.24, 2.45) is 5.73 Å². The number of anilines is 1. The van der Waals surface area contributed by atoms with Crippen LogP contribution in [0.3, 0.4) is 0 Å². The molecule has 4 rings (SSSR count). The van der Waals surface area contributed by atoms with Gasteiger partial charge in [0.25, 0.3) is 5.91 Å². The van der Waals surface area contributed by atoms with Crippen LogP contribution in [-0.2, 0) is 4.79 Å². The van der Waals surface area contributed by atoms with Gasteiger partial charge >= 0.3 is 0 Å². The SMILES string of the molecule is NC(=O)c1ccccc1NC(=O)CN1CCN(C(c2ccc(F)cc2)c2ccc(F)cc2)CC1. The molecule has 3 aromatic carbocycles. The quantitative estimate of drug-likeness (QED) is 0.562. The third-order valence-electron chi connectivity index (χ3n) is 5.98. The van der Waals surface area contributed by atoms with E-state index in [4.69, 9.17) is 5.73 Å². The second-order valence-corrected chi connectivity index (χ2v) is 8.28. The van der Waals surface area contributed by atoms with Crippen LogP contribution in [0.5, 0.6) is 0 Å². The molecule has 1 aliphatic heterocycles. The Balaban J connectivity index is 1.41. The van der Waals surface area contributed by atoms with Crippen molar-refractivity contribution in [2.75, 3.05) is 38.0 Å². The zero-order chi connectivity index (χ0) is 24.1. The van der Waals surface area contributed by atoms with Gasteiger partial charge in [-0.05, 0) is 47.5 Å². The maximum absolute atomic E-state index is 13.5. The highest BCUT2D eigenvalue weighted by Crippen LogP contribution is 2.30. The minimum absolute atomic E-state index is 0.153. The van der Waals surface area contributed by atoms with E-state index in [0.29, 0.717) is 31.9 Å². The highest BCUT2D eigenvalue weighted by atomic mass is 19.1. The maximum Gasteiger partial charge on any atom is 0.250 e. The molecule has 1 aliphatic rings. The molecule has 0 aromatic heterocycles. The Hall–Kier alpha value is -3.62. The van der Waals surface area contributed by atoms with Crippen LogP contribution in [0.25, 0.3) is 0 Å². The van der Waals surface area contributed by atoms with Crippen LogP contribution in [0.4, 0.5) is 14.5 Å². The number of amides is 2. The van der Waals surface area contributed by atoms with E-state index >= 15 is 0 Å². The fourth-order valence-corrected chi connectivity index (χ4v) is 4.28. The van der Waals surface area contributed by atoms with Crippen LogP contribution in [0.1, 0.15) is 27.5 Å². The molecule has 3 N–H and O–H groups in total. The van der Waals surface area contributed by atoms with E-state index in [2.05, 4.69) is 10.2 Å². The predicted octanol–water partition coefficient (Wildman–Crippen LogP) is 3.41. The number of hydrogen-bond acceptors (Lipinski definition) is 4. The summed E-state index contributed by atoms with van der Waals surface area (Å²) in [4.78, 5) is 28.4. The van der Waals surface area contributed by atoms with Crippen LogP contribution in [0.2, 0.25) is 0 Å². The first-order valence-corrected chi connectivity index (χ1v) is 11.1. The smallest absolute Gasteiger partial charge is 0.250 e. The molecule has 1 saturated heterocycles. The van der Waals surface area contributed by atoms with Gasteiger partial charge in [0.1, 0.15) is 11.6 Å². The second kappa shape index (κ2) is 10.5. The molecule has 0 unspecified atom stereocenters. The van der Waals surface area contributed by atoms with Crippen LogP contribution >= 0.6 is 0 Å². The molecule has 0 aliphatic carbocycles. The Morgan fingerprint density at radius 3 is 1.88 bits per heavy atom. The zero-order valence-electron chi connectivity index (χ0n) is 18.6. The van der Waals surface area contributed by atoms with Crippen molar-refractivity contribution < 1.29 is 18.4 Å². The molecule has 0 bridgehead atoms. The lowest BCUT2D eigenvalue weighted by Crippen LogP contribution is -2.49. The fourth-order valence-electron chi connectivity index (χ4n) is 4.28. The molecule has 3 aromatic rings. The van der Waals surface area contributed by atoms with Crippen LogP contribution in [0.15, 0.2) is 72.8 Å². The summed E-state index contributed by atoms with van der Waals surface area (Å²) in [5, 5.41) is 2.77. The van der Waals surface area contributed by atoms with Gasteiger partial charge in [-0.3, -0.25) is 19.4 Å². The van der Waals surface area contributed by atoms with E-state index in [-0.39, 0.29) is 35.7 Å². The van der Waals surface area contributed by atoms with Gasteiger partial charge < -0.3 is 11.1 Å². The Morgan fingerprint density at radius 1 is 0.824 bits per heavy atom. The summed E-state index contributed by atoms with van der Waals surface area (Å²) < 4.78 is 27.0. The molecule has 8 heteroatoms. The lowest BCUT2D eigenvalue weighted by molar-refractivity contribution is -0.117. The number of carbonyl (C=O) groups excluding carboxylic acids is 2. The summed E-state index contributed by atoms with van der Waals surface area (Å²) in [6, 6.07) is 19.2. The predicted molar refractivity (Wildman–Crippen MR) is 126 cm³/mol. The van der Waals surface area contributed by atoms with E-state index in [0.717, 1.165) is 11.1 Å². The van der Waals surface area contributed by atoms with E-state index in [9.17, 15) is 18.4 Å². The van der Waals surface area contributed by atoms with Gasteiger partial charge in [0.15, 0.2) is 0 Å². The third kappa shape index (κ3) is 5.65. The van der Waals surface area contributed by atoms with Crippen LogP contribution in [0, 0.1) is 11.6 Å². The number of nitrogens with two attached hydrogens (primary N) is 1. The number of primary amides is 1. The number of carbonyl (C=O) groups is 2. The number of para-hydroxylation sites is 1. The summed E-state index contributed by atoms with van der Waals surface area (Å²) >= 11 is 0. The Kier molecular flexibility index (Phi) is 7.30. The van der Waals surface area contributed by atoms with Gasteiger partial charge in [-0.25, -0.2) is 8.78 Å². The lowest BCUT2D eigenvalue weighted by Gasteiger charge is -2.39. The summed E-state index contributed by atoms with van der Waals surface area (Å²) in [5.41, 5.74) is 7.88. The number of nitrogens with one attached hydrogen (secondary N) is 1. The summed E-state index contributed by atoms with van der Waals surface area (Å²) in [6.07, 6.45) is 0. The number of piperazine rings is 1. The largest absolute Gasteiger partial charge is 0.366 e. The molecule has 0 spiro atoms. The second-order valence-electron chi connectivity index (χ2n) is 8.28. The number of benzene rings is 3. The molecule has 6 nitrogen and oxygen atoms in total. The molecule has 0 saturated carbocycles. The summed E-state index contributed by atoms with van der Waals surface area (Å²) in [5.74, 6) is -1.45. The zero-order valence-corrected chi connectivity index (χ0v) is 18.6. The third-order valence-corrected chi connectivity index (χ3v) is 5.98. The molecule has 2 amide bonds. The molecule has 1 fully saturated rings. The molecular weight excluding hydrogens is 438 g/mol. The van der Waals surface area contributed by atoms with Crippen LogP contribution in [-0.4, -0.2) is 54.3 Å². The van der Waals surface area contributed by atoms with Gasteiger partial charge in [-0.2, -0.15) is 0 Å². The summed E-state index contributed by atoms with van der Waals surface area (Å²) in [7, 11) is 0. The molecule has 34 heavy (non-hydrogen) atoms. The van der Waals surface area contributed by atoms with Crippen molar-refractivity contribution in [3.05, 3.63) is 101 Å². The maximum atomic E-state index is 13.5. The Bertz CT molecular complexity index is 1100. The van der Waals surface area contributed by atoms with Crippen LogP contribution < -0.4 is 11.1 Å². The van der Waals surface area contributed by atoms with Gasteiger partial charge in [-0.1, -0.05) is 36.4 Å². The van der Waals surface area contributed by atoms with Crippen molar-refractivity contribution in [1.29, 1.82) is 0 Å². The van der Waals surface area contributed by atoms with Crippen molar-refractivity contribution in [3.8, 4) is 0 Å². The minimum Gasteiger partial charge on any atom is -0.366 e. The van der Waals surface area contributed by atoms with E-state index in [1.807, 2.05) is 4.90 Å². The number of halogens is 2. The topological polar surface area (TPSA) is 78.7 Å². The van der Waals surface area contributed by atoms with Gasteiger partial charge in [0.2, 0.25) is 5.91 Å². The van der Waals surface area contributed by atoms with Crippen molar-refractivity contribution in [1.82, 2.24) is 9.80 Å². The average molecular weight is 465 g/mol. The van der Waals surface area contributed by atoms with E-state index in [1.165, 1.54) is 24.3 Å². The highest BCUT2D eigenvalue weighted by Gasteiger charge is 2.27. The minimum atomic E-state index is -0.600. The normalized spacial score (nSPS) is 14.8. The molecule has 1 heterocycles. The van der Waals surface area contributed by atoms with Crippen molar-refractivity contribution >= 4 is 17.5 Å². The Labute approximate surface area is 197 Å². The first kappa shape index (κ1) is 23.5. The molecule has 0 radical (unpaired) electrons. The van der Waals surface area contributed by atoms with Gasteiger partial charge in [0, 0.05) is 26.2 Å². The van der Waals surface area contributed by atoms with E-state index in [1.54, 1.807) is 48.5 Å². The van der Waals surface area contributed by atoms with Gasteiger partial charge in [0.05, 0.1) is 23.8 Å². The fraction of sp³-hybridized carbons (Fsp3) is 0.231. The molecule has 0 atom stereocenters. The Morgan fingerprint density at radius 2 is 1.35 bits per heavy atom. The first-order valence-electron chi connectivity index (χ1n) is 11.1. The molecule has 176 valence electrons. The van der Waals surface area contributed by atoms with Crippen molar-refractivity contribution in [3.63, 3.8) is 0 Å². The lowest BCUT2D eigenvalue weighted by atomic mass is 9.96. The number of hydrogen-bond donors (Lipinski definition) is 2. The van der Waals surface area contributed by atoms with E-state index < -0.39 is 5.91 Å². The highest BCUT2D eigenvalue weighted by molar-refractivity contribution is 6.03. The monoisotopic (exact) mass is 464 g/mol. The standard InChI is InChI=1S/C26H26F2N4O2/c27-20-9-5-18(6-10-20)25(19-7-11-21(28)12-8-19)32-15-13-31(14-16-32)17-24(33)30-23-4-2-1-3-22(23)26(29)34/h1-12,25H,13-17H2,(H2,29,34)(H,30,33). The first-order chi connectivity index (χ1) is 16.4. The summed E-state index contributed by atoms with van der Waals surface area (Å²) in [6.45, 7) is 2.81. The number of rotatable bonds is 7. The van der Waals surface area contributed by atoms with Gasteiger partial charge in [-0.15, -0.1) is 0 Å². The van der Waals surface area contributed by atoms with Crippen molar-refractivity contribution in [2.45, 2.75) is 6.04 Å². The number of nitrogens with zero attached hydrogens (tertiary/aromatic N) is 2. The molecular formula is C26H26F2N4O2. The average Bonchev–Trinajstić information content (AvgIpc) is 2.83.